The zero-order valence-corrected chi connectivity index (χ0v) is 13.0. The number of hydrogen-bond acceptors (Lipinski definition) is 4. The predicted octanol–water partition coefficient (Wildman–Crippen LogP) is 3.03. The number of aromatic hydroxyl groups is 1. The molecule has 0 radical (unpaired) electrons. The monoisotopic (exact) mass is 304 g/mol. The van der Waals surface area contributed by atoms with Crippen LogP contribution in [0.15, 0.2) is 11.6 Å². The van der Waals surface area contributed by atoms with Gasteiger partial charge in [-0.3, -0.25) is 4.79 Å². The molecule has 0 amide bonds. The Labute approximate surface area is 129 Å². The first-order chi connectivity index (χ1) is 10.3. The third-order valence-electron chi connectivity index (χ3n) is 4.23. The first-order valence-corrected chi connectivity index (χ1v) is 7.21. The zero-order valence-electron chi connectivity index (χ0n) is 13.0. The molecule has 118 valence electrons. The minimum Gasteiger partial charge on any atom is -0.507 e. The maximum absolute atomic E-state index is 11.8. The van der Waals surface area contributed by atoms with Gasteiger partial charge in [-0.2, -0.15) is 0 Å². The molecule has 0 saturated heterocycles. The molecule has 0 fully saturated rings. The first kappa shape index (κ1) is 16.1. The lowest BCUT2D eigenvalue weighted by atomic mass is 9.91. The Balaban J connectivity index is 2.31. The number of aliphatic carboxylic acids is 1. The van der Waals surface area contributed by atoms with Gasteiger partial charge in [-0.25, -0.2) is 4.79 Å². The molecule has 0 atom stereocenters. The van der Waals surface area contributed by atoms with Crippen LogP contribution in [-0.2, 0) is 22.6 Å². The molecule has 1 heterocycles. The summed E-state index contributed by atoms with van der Waals surface area (Å²) in [4.78, 5) is 22.3. The summed E-state index contributed by atoms with van der Waals surface area (Å²) in [5.74, 6) is -1.32. The number of carbonyl (C=O) groups is 2. The molecule has 0 unspecified atom stereocenters. The Morgan fingerprint density at radius 1 is 1.27 bits per heavy atom. The van der Waals surface area contributed by atoms with Crippen molar-refractivity contribution in [2.45, 2.75) is 46.6 Å². The Morgan fingerprint density at radius 2 is 1.95 bits per heavy atom. The SMILES string of the molecule is C/C(=C\Cc1c(C)c(C)c2c(c1O)C(=O)OC2)CCC(=O)O. The second-order valence-electron chi connectivity index (χ2n) is 5.66. The van der Waals surface area contributed by atoms with E-state index in [4.69, 9.17) is 9.84 Å². The summed E-state index contributed by atoms with van der Waals surface area (Å²) in [5, 5.41) is 19.1. The van der Waals surface area contributed by atoms with Crippen LogP contribution in [0.1, 0.15) is 52.4 Å². The Morgan fingerprint density at radius 3 is 2.59 bits per heavy atom. The van der Waals surface area contributed by atoms with Crippen molar-refractivity contribution in [2.75, 3.05) is 0 Å². The molecule has 1 aromatic rings. The fraction of sp³-hybridized carbons (Fsp3) is 0.412. The third-order valence-corrected chi connectivity index (χ3v) is 4.23. The minimum atomic E-state index is -0.831. The van der Waals surface area contributed by atoms with Crippen molar-refractivity contribution >= 4 is 11.9 Å². The maximum atomic E-state index is 11.8. The molecule has 1 aliphatic rings. The molecule has 0 aliphatic carbocycles. The summed E-state index contributed by atoms with van der Waals surface area (Å²) in [5.41, 5.74) is 4.58. The Bertz CT molecular complexity index is 670. The van der Waals surface area contributed by atoms with Crippen molar-refractivity contribution in [3.8, 4) is 5.75 Å². The molecular weight excluding hydrogens is 284 g/mol. The van der Waals surface area contributed by atoms with Crippen LogP contribution in [0.3, 0.4) is 0 Å². The molecule has 0 bridgehead atoms. The van der Waals surface area contributed by atoms with Gasteiger partial charge < -0.3 is 14.9 Å². The summed E-state index contributed by atoms with van der Waals surface area (Å²) < 4.78 is 5.01. The van der Waals surface area contributed by atoms with Crippen molar-refractivity contribution < 1.29 is 24.5 Å². The van der Waals surface area contributed by atoms with E-state index in [9.17, 15) is 14.7 Å². The van der Waals surface area contributed by atoms with Crippen molar-refractivity contribution in [2.24, 2.45) is 0 Å². The lowest BCUT2D eigenvalue weighted by Gasteiger charge is -2.14. The van der Waals surface area contributed by atoms with Crippen LogP contribution in [0.4, 0.5) is 0 Å². The second-order valence-corrected chi connectivity index (χ2v) is 5.66. The van der Waals surface area contributed by atoms with Crippen molar-refractivity contribution in [3.05, 3.63) is 39.5 Å². The van der Waals surface area contributed by atoms with Gasteiger partial charge in [0.15, 0.2) is 0 Å². The van der Waals surface area contributed by atoms with Gasteiger partial charge in [0, 0.05) is 17.5 Å². The summed E-state index contributed by atoms with van der Waals surface area (Å²) in [6, 6.07) is 0. The fourth-order valence-corrected chi connectivity index (χ4v) is 2.65. The summed E-state index contributed by atoms with van der Waals surface area (Å²) >= 11 is 0. The van der Waals surface area contributed by atoms with Gasteiger partial charge in [-0.1, -0.05) is 11.6 Å². The Hall–Kier alpha value is -2.30. The number of phenols is 1. The highest BCUT2D eigenvalue weighted by atomic mass is 16.5. The van der Waals surface area contributed by atoms with E-state index in [1.54, 1.807) is 0 Å². The van der Waals surface area contributed by atoms with Crippen molar-refractivity contribution in [1.29, 1.82) is 0 Å². The van der Waals surface area contributed by atoms with E-state index >= 15 is 0 Å². The number of carboxylic acids is 1. The number of rotatable bonds is 5. The van der Waals surface area contributed by atoms with E-state index in [1.807, 2.05) is 26.8 Å². The number of fused-ring (bicyclic) bond motifs is 1. The first-order valence-electron chi connectivity index (χ1n) is 7.21. The normalized spacial score (nSPS) is 14.0. The third kappa shape index (κ3) is 2.98. The van der Waals surface area contributed by atoms with Crippen LogP contribution in [0.2, 0.25) is 0 Å². The van der Waals surface area contributed by atoms with E-state index in [-0.39, 0.29) is 24.3 Å². The van der Waals surface area contributed by atoms with Gasteiger partial charge >= 0.3 is 11.9 Å². The average Bonchev–Trinajstić information content (AvgIpc) is 2.85. The van der Waals surface area contributed by atoms with Gasteiger partial charge in [0.1, 0.15) is 17.9 Å². The number of hydrogen-bond donors (Lipinski definition) is 2. The lowest BCUT2D eigenvalue weighted by Crippen LogP contribution is -2.02. The van der Waals surface area contributed by atoms with Crippen LogP contribution in [0.25, 0.3) is 0 Å². The number of cyclic esters (lactones) is 1. The molecule has 5 nitrogen and oxygen atoms in total. The van der Waals surface area contributed by atoms with Crippen molar-refractivity contribution in [1.82, 2.24) is 0 Å². The smallest absolute Gasteiger partial charge is 0.342 e. The molecule has 1 aromatic carbocycles. The van der Waals surface area contributed by atoms with E-state index in [2.05, 4.69) is 0 Å². The van der Waals surface area contributed by atoms with E-state index < -0.39 is 11.9 Å². The van der Waals surface area contributed by atoms with Gasteiger partial charge in [0.05, 0.1) is 0 Å². The van der Waals surface area contributed by atoms with Crippen LogP contribution in [0.5, 0.6) is 5.75 Å². The Kier molecular flexibility index (Phi) is 4.54. The van der Waals surface area contributed by atoms with E-state index in [0.717, 1.165) is 22.3 Å². The minimum absolute atomic E-state index is 0.0112. The zero-order chi connectivity index (χ0) is 16.4. The molecule has 1 aliphatic heterocycles. The highest BCUT2D eigenvalue weighted by molar-refractivity contribution is 5.97. The van der Waals surface area contributed by atoms with Gasteiger partial charge in [0.2, 0.25) is 0 Å². The molecule has 5 heteroatoms. The van der Waals surface area contributed by atoms with Crippen LogP contribution >= 0.6 is 0 Å². The largest absolute Gasteiger partial charge is 0.507 e. The molecule has 2 N–H and O–H groups in total. The van der Waals surface area contributed by atoms with Gasteiger partial charge in [-0.05, 0) is 44.7 Å². The number of carboxylic acid groups (broad SMARTS) is 1. The second kappa shape index (κ2) is 6.22. The molecule has 2 rings (SSSR count). The molecule has 22 heavy (non-hydrogen) atoms. The number of benzene rings is 1. The van der Waals surface area contributed by atoms with E-state index in [0.29, 0.717) is 18.4 Å². The summed E-state index contributed by atoms with van der Waals surface area (Å²) in [6.45, 7) is 5.90. The highest BCUT2D eigenvalue weighted by Crippen LogP contribution is 2.37. The number of ether oxygens (including phenoxy) is 1. The topological polar surface area (TPSA) is 83.8 Å². The van der Waals surface area contributed by atoms with Gasteiger partial charge in [-0.15, -0.1) is 0 Å². The highest BCUT2D eigenvalue weighted by Gasteiger charge is 2.30. The fourth-order valence-electron chi connectivity index (χ4n) is 2.65. The molecule has 0 saturated carbocycles. The van der Waals surface area contributed by atoms with E-state index in [1.165, 1.54) is 0 Å². The average molecular weight is 304 g/mol. The number of carbonyl (C=O) groups excluding carboxylic acids is 1. The number of phenolic OH excluding ortho intramolecular Hbond substituents is 1. The predicted molar refractivity (Wildman–Crippen MR) is 81.0 cm³/mol. The summed E-state index contributed by atoms with van der Waals surface area (Å²) in [7, 11) is 0. The lowest BCUT2D eigenvalue weighted by molar-refractivity contribution is -0.136. The quantitative estimate of drug-likeness (QED) is 0.645. The number of allylic oxidation sites excluding steroid dienone is 2. The maximum Gasteiger partial charge on any atom is 0.342 e. The van der Waals surface area contributed by atoms with Crippen LogP contribution < -0.4 is 0 Å². The van der Waals surface area contributed by atoms with Gasteiger partial charge in [0.25, 0.3) is 0 Å². The van der Waals surface area contributed by atoms with Crippen LogP contribution in [-0.4, -0.2) is 22.2 Å². The summed E-state index contributed by atoms with van der Waals surface area (Å²) in [6.07, 6.45) is 2.92. The van der Waals surface area contributed by atoms with Crippen LogP contribution in [0, 0.1) is 13.8 Å². The van der Waals surface area contributed by atoms with Crippen molar-refractivity contribution in [3.63, 3.8) is 0 Å². The molecule has 0 aromatic heterocycles. The number of esters is 1. The molecule has 0 spiro atoms. The molecular formula is C17H20O5. The standard InChI is InChI=1S/C17H20O5/c1-9(5-7-14(18)19)4-6-12-10(2)11(3)13-8-22-17(21)15(13)16(12)20/h4,20H,5-8H2,1-3H3,(H,18,19)/b9-4+.